The molecule has 0 saturated carbocycles. The van der Waals surface area contributed by atoms with Gasteiger partial charge >= 0.3 is 0 Å². The number of amides is 1. The molecule has 3 aliphatic rings. The second kappa shape index (κ2) is 6.09. The zero-order chi connectivity index (χ0) is 15.7. The Morgan fingerprint density at radius 3 is 2.48 bits per heavy atom. The molecule has 0 radical (unpaired) electrons. The number of aromatic nitrogens is 1. The maximum Gasteiger partial charge on any atom is 0.272 e. The van der Waals surface area contributed by atoms with Crippen LogP contribution >= 0.6 is 0 Å². The van der Waals surface area contributed by atoms with Gasteiger partial charge in [0, 0.05) is 50.9 Å². The van der Waals surface area contributed by atoms with Gasteiger partial charge in [-0.25, -0.2) is 0 Å². The fraction of sp³-hybridized carbons (Fsp3) is 0.647. The number of carbonyl (C=O) groups is 1. The van der Waals surface area contributed by atoms with E-state index in [2.05, 4.69) is 9.88 Å². The predicted octanol–water partition coefficient (Wildman–Crippen LogP) is 1.66. The van der Waals surface area contributed by atoms with Crippen LogP contribution in [0.3, 0.4) is 0 Å². The second-order valence-electron chi connectivity index (χ2n) is 6.49. The van der Waals surface area contributed by atoms with Crippen LogP contribution in [0.5, 0.6) is 0 Å². The standard InChI is InChI=1S/C17H23N3O3/c21-16(20-9-4-17(5-10-20)22-11-12-23-17)15-13-14(3-6-18-15)19-7-1-2-8-19/h3,6,13H,1-2,4-5,7-12H2. The molecule has 4 heterocycles. The molecule has 3 saturated heterocycles. The topological polar surface area (TPSA) is 54.9 Å². The third kappa shape index (κ3) is 2.93. The summed E-state index contributed by atoms with van der Waals surface area (Å²) in [4.78, 5) is 21.2. The minimum absolute atomic E-state index is 0.0129. The highest BCUT2D eigenvalue weighted by Gasteiger charge is 2.41. The molecule has 3 fully saturated rings. The smallest absolute Gasteiger partial charge is 0.272 e. The van der Waals surface area contributed by atoms with Gasteiger partial charge in [-0.1, -0.05) is 0 Å². The summed E-state index contributed by atoms with van der Waals surface area (Å²) in [6.07, 6.45) is 5.67. The van der Waals surface area contributed by atoms with Crippen molar-refractivity contribution in [3.8, 4) is 0 Å². The molecule has 3 aliphatic heterocycles. The highest BCUT2D eigenvalue weighted by molar-refractivity contribution is 5.93. The third-order valence-corrected chi connectivity index (χ3v) is 5.06. The molecule has 6 nitrogen and oxygen atoms in total. The summed E-state index contributed by atoms with van der Waals surface area (Å²) in [6, 6.07) is 3.92. The normalized spacial score (nSPS) is 23.7. The van der Waals surface area contributed by atoms with Crippen LogP contribution in [0.2, 0.25) is 0 Å². The fourth-order valence-corrected chi connectivity index (χ4v) is 3.71. The monoisotopic (exact) mass is 317 g/mol. The maximum atomic E-state index is 12.7. The van der Waals surface area contributed by atoms with E-state index in [9.17, 15) is 4.79 Å². The zero-order valence-corrected chi connectivity index (χ0v) is 13.4. The first kappa shape index (κ1) is 14.9. The summed E-state index contributed by atoms with van der Waals surface area (Å²) in [6.45, 7) is 4.78. The van der Waals surface area contributed by atoms with E-state index in [0.29, 0.717) is 32.0 Å². The first-order chi connectivity index (χ1) is 11.3. The highest BCUT2D eigenvalue weighted by atomic mass is 16.7. The Morgan fingerprint density at radius 2 is 1.78 bits per heavy atom. The van der Waals surface area contributed by atoms with Gasteiger partial charge in [0.15, 0.2) is 5.79 Å². The second-order valence-corrected chi connectivity index (χ2v) is 6.49. The first-order valence-corrected chi connectivity index (χ1v) is 8.54. The number of hydrogen-bond donors (Lipinski definition) is 0. The van der Waals surface area contributed by atoms with Gasteiger partial charge in [-0.2, -0.15) is 0 Å². The van der Waals surface area contributed by atoms with E-state index in [1.165, 1.54) is 12.8 Å². The molecule has 23 heavy (non-hydrogen) atoms. The molecule has 1 aromatic rings. The average molecular weight is 317 g/mol. The lowest BCUT2D eigenvalue weighted by atomic mass is 10.0. The molecule has 1 amide bonds. The third-order valence-electron chi connectivity index (χ3n) is 5.06. The van der Waals surface area contributed by atoms with Crippen molar-refractivity contribution in [2.24, 2.45) is 0 Å². The quantitative estimate of drug-likeness (QED) is 0.830. The number of piperidine rings is 1. The van der Waals surface area contributed by atoms with E-state index in [-0.39, 0.29) is 5.91 Å². The molecule has 0 aliphatic carbocycles. The predicted molar refractivity (Wildman–Crippen MR) is 85.5 cm³/mol. The molecule has 1 aromatic heterocycles. The Kier molecular flexibility index (Phi) is 3.95. The molecule has 124 valence electrons. The van der Waals surface area contributed by atoms with E-state index in [1.54, 1.807) is 6.20 Å². The molecule has 1 spiro atoms. The molecular formula is C17H23N3O3. The molecule has 0 N–H and O–H groups in total. The van der Waals surface area contributed by atoms with E-state index in [1.807, 2.05) is 17.0 Å². The Balaban J connectivity index is 1.44. The van der Waals surface area contributed by atoms with E-state index < -0.39 is 5.79 Å². The van der Waals surface area contributed by atoms with Crippen LogP contribution in [0.1, 0.15) is 36.2 Å². The number of anilines is 1. The summed E-state index contributed by atoms with van der Waals surface area (Å²) in [5, 5.41) is 0. The zero-order valence-electron chi connectivity index (χ0n) is 13.4. The van der Waals surface area contributed by atoms with Crippen molar-refractivity contribution in [1.82, 2.24) is 9.88 Å². The minimum Gasteiger partial charge on any atom is -0.371 e. The van der Waals surface area contributed by atoms with E-state index >= 15 is 0 Å². The van der Waals surface area contributed by atoms with Crippen LogP contribution in [0, 0.1) is 0 Å². The van der Waals surface area contributed by atoms with Crippen LogP contribution < -0.4 is 4.90 Å². The summed E-state index contributed by atoms with van der Waals surface area (Å²) >= 11 is 0. The first-order valence-electron chi connectivity index (χ1n) is 8.54. The van der Waals surface area contributed by atoms with Gasteiger partial charge in [0.1, 0.15) is 5.69 Å². The van der Waals surface area contributed by atoms with Crippen molar-refractivity contribution in [2.45, 2.75) is 31.5 Å². The van der Waals surface area contributed by atoms with Crippen molar-refractivity contribution in [3.05, 3.63) is 24.0 Å². The van der Waals surface area contributed by atoms with Gasteiger partial charge in [0.2, 0.25) is 0 Å². The van der Waals surface area contributed by atoms with Crippen LogP contribution in [-0.4, -0.2) is 61.0 Å². The van der Waals surface area contributed by atoms with E-state index in [4.69, 9.17) is 9.47 Å². The van der Waals surface area contributed by atoms with Crippen molar-refractivity contribution in [3.63, 3.8) is 0 Å². The Labute approximate surface area is 136 Å². The van der Waals surface area contributed by atoms with Gasteiger partial charge in [0.25, 0.3) is 5.91 Å². The number of rotatable bonds is 2. The fourth-order valence-electron chi connectivity index (χ4n) is 3.71. The van der Waals surface area contributed by atoms with Gasteiger partial charge in [-0.15, -0.1) is 0 Å². The van der Waals surface area contributed by atoms with Crippen molar-refractivity contribution < 1.29 is 14.3 Å². The lowest BCUT2D eigenvalue weighted by Crippen LogP contribution is -2.47. The summed E-state index contributed by atoms with van der Waals surface area (Å²) < 4.78 is 11.4. The summed E-state index contributed by atoms with van der Waals surface area (Å²) in [7, 11) is 0. The van der Waals surface area contributed by atoms with Crippen LogP contribution in [0.25, 0.3) is 0 Å². The Morgan fingerprint density at radius 1 is 1.09 bits per heavy atom. The summed E-state index contributed by atoms with van der Waals surface area (Å²) in [5.74, 6) is -0.430. The number of ether oxygens (including phenoxy) is 2. The van der Waals surface area contributed by atoms with Crippen molar-refractivity contribution in [1.29, 1.82) is 0 Å². The minimum atomic E-state index is -0.443. The molecule has 6 heteroatoms. The van der Waals surface area contributed by atoms with Gasteiger partial charge in [-0.3, -0.25) is 9.78 Å². The van der Waals surface area contributed by atoms with Crippen LogP contribution in [0.4, 0.5) is 5.69 Å². The van der Waals surface area contributed by atoms with Gasteiger partial charge in [0.05, 0.1) is 13.2 Å². The number of nitrogens with zero attached hydrogens (tertiary/aromatic N) is 3. The number of hydrogen-bond acceptors (Lipinski definition) is 5. The average Bonchev–Trinajstić information content (AvgIpc) is 3.28. The lowest BCUT2D eigenvalue weighted by Gasteiger charge is -2.37. The van der Waals surface area contributed by atoms with Crippen molar-refractivity contribution in [2.75, 3.05) is 44.3 Å². The van der Waals surface area contributed by atoms with Crippen LogP contribution in [-0.2, 0) is 9.47 Å². The molecular weight excluding hydrogens is 294 g/mol. The summed E-state index contributed by atoms with van der Waals surface area (Å²) in [5.41, 5.74) is 1.65. The Bertz CT molecular complexity index is 570. The van der Waals surface area contributed by atoms with Gasteiger partial charge < -0.3 is 19.3 Å². The molecule has 4 rings (SSSR count). The SMILES string of the molecule is O=C(c1cc(N2CCCC2)ccn1)N1CCC2(CC1)OCCO2. The van der Waals surface area contributed by atoms with Crippen LogP contribution in [0.15, 0.2) is 18.3 Å². The Hall–Kier alpha value is -1.66. The maximum absolute atomic E-state index is 12.7. The molecule has 0 unspecified atom stereocenters. The number of likely N-dealkylation sites (tertiary alicyclic amines) is 1. The van der Waals surface area contributed by atoms with Crippen molar-refractivity contribution >= 4 is 11.6 Å². The lowest BCUT2D eigenvalue weighted by molar-refractivity contribution is -0.181. The van der Waals surface area contributed by atoms with Gasteiger partial charge in [-0.05, 0) is 25.0 Å². The highest BCUT2D eigenvalue weighted by Crippen LogP contribution is 2.31. The molecule has 0 atom stereocenters. The van der Waals surface area contributed by atoms with E-state index in [0.717, 1.165) is 31.6 Å². The largest absolute Gasteiger partial charge is 0.371 e. The molecule has 0 aromatic carbocycles. The number of pyridine rings is 1. The molecule has 0 bridgehead atoms. The number of carbonyl (C=O) groups excluding carboxylic acids is 1.